The van der Waals surface area contributed by atoms with Crippen LogP contribution in [-0.2, 0) is 0 Å². The summed E-state index contributed by atoms with van der Waals surface area (Å²) in [7, 11) is 0. The molecule has 0 amide bonds. The summed E-state index contributed by atoms with van der Waals surface area (Å²) < 4.78 is 13.7. The minimum absolute atomic E-state index is 0.0967. The minimum atomic E-state index is -0.403. The maximum absolute atomic E-state index is 13.7. The molecule has 1 aromatic heterocycles. The molecule has 3 unspecified atom stereocenters. The maximum atomic E-state index is 13.7. The first-order valence-electron chi connectivity index (χ1n) is 6.23. The Morgan fingerprint density at radius 1 is 1.39 bits per heavy atom. The van der Waals surface area contributed by atoms with Crippen LogP contribution in [0.1, 0.15) is 32.5 Å². The number of hydrogen-bond donors (Lipinski definition) is 1. The van der Waals surface area contributed by atoms with Gasteiger partial charge in [-0.05, 0) is 31.9 Å². The SMILES string of the molecule is CC1=CC(C(N)c2ncccc2F)C(C)C(C)=C1. The van der Waals surface area contributed by atoms with Gasteiger partial charge in [-0.15, -0.1) is 0 Å². The van der Waals surface area contributed by atoms with Gasteiger partial charge in [0, 0.05) is 12.1 Å². The van der Waals surface area contributed by atoms with Gasteiger partial charge in [-0.2, -0.15) is 0 Å². The molecular weight excluding hydrogens is 227 g/mol. The first kappa shape index (κ1) is 13.0. The summed E-state index contributed by atoms with van der Waals surface area (Å²) in [5, 5.41) is 0. The Labute approximate surface area is 107 Å². The molecule has 1 aromatic rings. The van der Waals surface area contributed by atoms with E-state index >= 15 is 0 Å². The second-order valence-electron chi connectivity index (χ2n) is 5.06. The second kappa shape index (κ2) is 5.02. The van der Waals surface area contributed by atoms with Gasteiger partial charge in [0.05, 0.1) is 11.7 Å². The quantitative estimate of drug-likeness (QED) is 0.868. The standard InChI is InChI=1S/C15H19FN2/c1-9-7-10(2)11(3)12(8-9)14(17)15-13(16)5-4-6-18-15/h4-8,11-12,14H,17H2,1-3H3. The van der Waals surface area contributed by atoms with Crippen LogP contribution in [0, 0.1) is 17.7 Å². The molecular formula is C15H19FN2. The van der Waals surface area contributed by atoms with Crippen molar-refractivity contribution in [3.63, 3.8) is 0 Å². The molecule has 0 aliphatic heterocycles. The summed E-state index contributed by atoms with van der Waals surface area (Å²) in [6, 6.07) is 2.59. The lowest BCUT2D eigenvalue weighted by molar-refractivity contribution is 0.386. The van der Waals surface area contributed by atoms with Crippen molar-refractivity contribution in [1.29, 1.82) is 0 Å². The molecule has 0 saturated carbocycles. The summed E-state index contributed by atoms with van der Waals surface area (Å²) in [4.78, 5) is 4.09. The third kappa shape index (κ3) is 2.36. The van der Waals surface area contributed by atoms with Crippen molar-refractivity contribution in [3.05, 3.63) is 53.1 Å². The molecule has 1 aliphatic carbocycles. The van der Waals surface area contributed by atoms with E-state index in [4.69, 9.17) is 5.73 Å². The minimum Gasteiger partial charge on any atom is -0.322 e. The van der Waals surface area contributed by atoms with Gasteiger partial charge in [0.15, 0.2) is 0 Å². The van der Waals surface area contributed by atoms with Gasteiger partial charge in [0.25, 0.3) is 0 Å². The van der Waals surface area contributed by atoms with Gasteiger partial charge in [-0.25, -0.2) is 4.39 Å². The highest BCUT2D eigenvalue weighted by Gasteiger charge is 2.29. The van der Waals surface area contributed by atoms with E-state index in [0.29, 0.717) is 11.6 Å². The molecule has 1 aliphatic rings. The normalized spacial score (nSPS) is 25.4. The van der Waals surface area contributed by atoms with E-state index in [0.717, 1.165) is 0 Å². The molecule has 0 bridgehead atoms. The Kier molecular flexibility index (Phi) is 3.62. The van der Waals surface area contributed by atoms with Gasteiger partial charge in [0.1, 0.15) is 5.82 Å². The van der Waals surface area contributed by atoms with Crippen molar-refractivity contribution < 1.29 is 4.39 Å². The van der Waals surface area contributed by atoms with E-state index in [1.54, 1.807) is 12.3 Å². The van der Waals surface area contributed by atoms with Crippen molar-refractivity contribution in [2.24, 2.45) is 17.6 Å². The Bertz CT molecular complexity index is 505. The summed E-state index contributed by atoms with van der Waals surface area (Å²) >= 11 is 0. The van der Waals surface area contributed by atoms with E-state index in [-0.39, 0.29) is 11.7 Å². The number of halogens is 1. The zero-order valence-electron chi connectivity index (χ0n) is 11.0. The van der Waals surface area contributed by atoms with Gasteiger partial charge >= 0.3 is 0 Å². The van der Waals surface area contributed by atoms with Crippen LogP contribution < -0.4 is 5.73 Å². The third-order valence-electron chi connectivity index (χ3n) is 3.72. The molecule has 0 fully saturated rings. The summed E-state index contributed by atoms with van der Waals surface area (Å²) in [6.45, 7) is 6.26. The number of allylic oxidation sites excluding steroid dienone is 3. The fraction of sp³-hybridized carbons (Fsp3) is 0.400. The Hall–Kier alpha value is -1.48. The van der Waals surface area contributed by atoms with Crippen LogP contribution >= 0.6 is 0 Å². The molecule has 1 heterocycles. The molecule has 96 valence electrons. The summed E-state index contributed by atoms with van der Waals surface area (Å²) in [6.07, 6.45) is 5.87. The topological polar surface area (TPSA) is 38.9 Å². The first-order chi connectivity index (χ1) is 8.50. The number of rotatable bonds is 2. The molecule has 0 radical (unpaired) electrons. The molecule has 3 atom stereocenters. The van der Waals surface area contributed by atoms with E-state index in [2.05, 4.69) is 31.0 Å². The lowest BCUT2D eigenvalue weighted by Crippen LogP contribution is -2.29. The number of nitrogens with two attached hydrogens (primary N) is 1. The van der Waals surface area contributed by atoms with Crippen LogP contribution in [0.5, 0.6) is 0 Å². The van der Waals surface area contributed by atoms with E-state index < -0.39 is 6.04 Å². The van der Waals surface area contributed by atoms with Gasteiger partial charge in [0.2, 0.25) is 0 Å². The van der Waals surface area contributed by atoms with Gasteiger partial charge in [-0.3, -0.25) is 4.98 Å². The molecule has 2 N–H and O–H groups in total. The second-order valence-corrected chi connectivity index (χ2v) is 5.06. The molecule has 0 aromatic carbocycles. The van der Waals surface area contributed by atoms with Crippen LogP contribution in [0.4, 0.5) is 4.39 Å². The van der Waals surface area contributed by atoms with Crippen LogP contribution in [0.3, 0.4) is 0 Å². The molecule has 18 heavy (non-hydrogen) atoms. The highest BCUT2D eigenvalue weighted by molar-refractivity contribution is 5.31. The average Bonchev–Trinajstić information content (AvgIpc) is 2.33. The summed E-state index contributed by atoms with van der Waals surface area (Å²) in [5.41, 5.74) is 9.03. The smallest absolute Gasteiger partial charge is 0.146 e. The maximum Gasteiger partial charge on any atom is 0.146 e. The lowest BCUT2D eigenvalue weighted by atomic mass is 9.77. The van der Waals surface area contributed by atoms with Crippen molar-refractivity contribution in [3.8, 4) is 0 Å². The number of pyridine rings is 1. The highest BCUT2D eigenvalue weighted by Crippen LogP contribution is 2.35. The predicted molar refractivity (Wildman–Crippen MR) is 71.3 cm³/mol. The van der Waals surface area contributed by atoms with Crippen molar-refractivity contribution in [1.82, 2.24) is 4.98 Å². The van der Waals surface area contributed by atoms with Crippen LogP contribution in [0.25, 0.3) is 0 Å². The third-order valence-corrected chi connectivity index (χ3v) is 3.72. The summed E-state index contributed by atoms with van der Waals surface area (Å²) in [5.74, 6) is 0.0833. The predicted octanol–water partition coefficient (Wildman–Crippen LogP) is 3.38. The first-order valence-corrected chi connectivity index (χ1v) is 6.23. The Balaban J connectivity index is 2.33. The number of nitrogens with zero attached hydrogens (tertiary/aromatic N) is 1. The fourth-order valence-electron chi connectivity index (χ4n) is 2.53. The van der Waals surface area contributed by atoms with E-state index in [1.165, 1.54) is 17.2 Å². The largest absolute Gasteiger partial charge is 0.322 e. The monoisotopic (exact) mass is 246 g/mol. The van der Waals surface area contributed by atoms with Crippen molar-refractivity contribution in [2.45, 2.75) is 26.8 Å². The number of hydrogen-bond acceptors (Lipinski definition) is 2. The molecule has 3 heteroatoms. The molecule has 2 nitrogen and oxygen atoms in total. The Morgan fingerprint density at radius 3 is 2.78 bits per heavy atom. The average molecular weight is 246 g/mol. The van der Waals surface area contributed by atoms with E-state index in [1.807, 2.05) is 6.92 Å². The van der Waals surface area contributed by atoms with Gasteiger partial charge in [-0.1, -0.05) is 30.2 Å². The number of aromatic nitrogens is 1. The van der Waals surface area contributed by atoms with Crippen LogP contribution in [-0.4, -0.2) is 4.98 Å². The van der Waals surface area contributed by atoms with E-state index in [9.17, 15) is 4.39 Å². The van der Waals surface area contributed by atoms with Crippen molar-refractivity contribution in [2.75, 3.05) is 0 Å². The zero-order chi connectivity index (χ0) is 13.3. The highest BCUT2D eigenvalue weighted by atomic mass is 19.1. The fourth-order valence-corrected chi connectivity index (χ4v) is 2.53. The lowest BCUT2D eigenvalue weighted by Gasteiger charge is -2.31. The van der Waals surface area contributed by atoms with Crippen molar-refractivity contribution >= 4 is 0 Å². The van der Waals surface area contributed by atoms with Crippen LogP contribution in [0.2, 0.25) is 0 Å². The van der Waals surface area contributed by atoms with Gasteiger partial charge < -0.3 is 5.73 Å². The molecule has 0 spiro atoms. The van der Waals surface area contributed by atoms with Crippen LogP contribution in [0.15, 0.2) is 41.6 Å². The Morgan fingerprint density at radius 2 is 2.11 bits per heavy atom. The zero-order valence-corrected chi connectivity index (χ0v) is 11.0. The molecule has 2 rings (SSSR count). The molecule has 0 saturated heterocycles.